The average Bonchev–Trinajstić information content (AvgIpc) is 2.92. The second kappa shape index (κ2) is 7.26. The van der Waals surface area contributed by atoms with Crippen molar-refractivity contribution in [2.75, 3.05) is 12.1 Å². The number of hydrogen-bond acceptors (Lipinski definition) is 5. The summed E-state index contributed by atoms with van der Waals surface area (Å²) in [7, 11) is 1.31. The van der Waals surface area contributed by atoms with Crippen molar-refractivity contribution in [1.29, 1.82) is 0 Å². The number of halogens is 2. The molecular weight excluding hydrogens is 397 g/mol. The molecule has 1 fully saturated rings. The van der Waals surface area contributed by atoms with Crippen LogP contribution in [0.3, 0.4) is 0 Å². The number of hydrogen-bond donors (Lipinski definition) is 1. The van der Waals surface area contributed by atoms with Crippen LogP contribution in [0, 0.1) is 10.1 Å². The lowest BCUT2D eigenvalue weighted by Gasteiger charge is -2.15. The van der Waals surface area contributed by atoms with E-state index in [0.717, 1.165) is 5.01 Å². The highest BCUT2D eigenvalue weighted by Crippen LogP contribution is 2.31. The maximum absolute atomic E-state index is 12.6. The second-order valence-corrected chi connectivity index (χ2v) is 6.24. The molecule has 3 rings (SSSR count). The molecule has 0 bridgehead atoms. The minimum atomic E-state index is -0.649. The van der Waals surface area contributed by atoms with E-state index in [9.17, 15) is 19.7 Å². The van der Waals surface area contributed by atoms with E-state index in [4.69, 9.17) is 27.9 Å². The Bertz CT molecular complexity index is 1010. The van der Waals surface area contributed by atoms with Crippen molar-refractivity contribution >= 4 is 52.5 Å². The van der Waals surface area contributed by atoms with Crippen molar-refractivity contribution in [2.24, 2.45) is 0 Å². The van der Waals surface area contributed by atoms with Gasteiger partial charge in [0.15, 0.2) is 5.75 Å². The standard InChI is InChI=1S/C17H11Cl2N3O5/c1-27-15-5-2-9(7-14(15)22(25)26)6-11-16(23)20-21(17(11)24)10-3-4-12(18)13(19)8-10/h2-8H,1H3,(H,20,23)/b11-6+. The van der Waals surface area contributed by atoms with Gasteiger partial charge in [0.1, 0.15) is 5.57 Å². The Morgan fingerprint density at radius 2 is 1.89 bits per heavy atom. The fourth-order valence-corrected chi connectivity index (χ4v) is 2.76. The SMILES string of the molecule is COc1ccc(/C=C2\C(=O)NN(c3ccc(Cl)c(Cl)c3)C2=O)cc1[N+](=O)[O-]. The minimum Gasteiger partial charge on any atom is -0.490 e. The third-order valence-electron chi connectivity index (χ3n) is 3.76. The minimum absolute atomic E-state index is 0.0711. The zero-order chi connectivity index (χ0) is 19.7. The monoisotopic (exact) mass is 407 g/mol. The summed E-state index contributed by atoms with van der Waals surface area (Å²) < 4.78 is 4.93. The zero-order valence-corrected chi connectivity index (χ0v) is 15.2. The number of carbonyl (C=O) groups is 2. The summed E-state index contributed by atoms with van der Waals surface area (Å²) in [5, 5.41) is 12.7. The molecule has 1 saturated heterocycles. The number of carbonyl (C=O) groups excluding carboxylic acids is 2. The molecule has 0 atom stereocenters. The number of benzene rings is 2. The van der Waals surface area contributed by atoms with Gasteiger partial charge in [0.25, 0.3) is 11.8 Å². The normalized spacial score (nSPS) is 15.2. The van der Waals surface area contributed by atoms with Crippen LogP contribution in [0.1, 0.15) is 5.56 Å². The van der Waals surface area contributed by atoms with Gasteiger partial charge in [-0.15, -0.1) is 0 Å². The van der Waals surface area contributed by atoms with Crippen LogP contribution in [0.5, 0.6) is 5.75 Å². The van der Waals surface area contributed by atoms with Gasteiger partial charge >= 0.3 is 5.69 Å². The summed E-state index contributed by atoms with van der Waals surface area (Å²) in [6.45, 7) is 0. The molecule has 0 aromatic heterocycles. The van der Waals surface area contributed by atoms with Gasteiger partial charge < -0.3 is 4.74 Å². The Balaban J connectivity index is 1.96. The third kappa shape index (κ3) is 3.57. The maximum Gasteiger partial charge on any atom is 0.311 e. The number of amides is 2. The molecule has 2 aromatic carbocycles. The number of nitrogens with one attached hydrogen (secondary N) is 1. The molecule has 1 aliphatic heterocycles. The summed E-state index contributed by atoms with van der Waals surface area (Å²) in [5.41, 5.74) is 2.58. The Morgan fingerprint density at radius 3 is 2.52 bits per heavy atom. The van der Waals surface area contributed by atoms with Crippen molar-refractivity contribution < 1.29 is 19.2 Å². The molecule has 27 heavy (non-hydrogen) atoms. The number of ether oxygens (including phenoxy) is 1. The molecule has 8 nitrogen and oxygen atoms in total. The van der Waals surface area contributed by atoms with Crippen molar-refractivity contribution in [3.05, 3.63) is 67.7 Å². The van der Waals surface area contributed by atoms with Gasteiger partial charge in [-0.2, -0.15) is 0 Å². The topological polar surface area (TPSA) is 102 Å². The van der Waals surface area contributed by atoms with Crippen LogP contribution in [0.15, 0.2) is 42.0 Å². The van der Waals surface area contributed by atoms with Crippen LogP contribution in [0.25, 0.3) is 6.08 Å². The van der Waals surface area contributed by atoms with E-state index in [0.29, 0.717) is 16.3 Å². The number of hydrazine groups is 1. The molecule has 1 aliphatic rings. The lowest BCUT2D eigenvalue weighted by Crippen LogP contribution is -2.35. The molecule has 0 saturated carbocycles. The molecule has 0 aliphatic carbocycles. The van der Waals surface area contributed by atoms with Gasteiger partial charge in [0, 0.05) is 6.07 Å². The molecule has 1 heterocycles. The molecule has 1 N–H and O–H groups in total. The first-order chi connectivity index (χ1) is 12.8. The van der Waals surface area contributed by atoms with E-state index < -0.39 is 16.7 Å². The van der Waals surface area contributed by atoms with Gasteiger partial charge in [0.2, 0.25) is 0 Å². The molecule has 2 amide bonds. The quantitative estimate of drug-likeness (QED) is 0.362. The van der Waals surface area contributed by atoms with E-state index in [-0.39, 0.29) is 22.0 Å². The largest absolute Gasteiger partial charge is 0.490 e. The Kier molecular flexibility index (Phi) is 5.02. The molecule has 0 spiro atoms. The highest BCUT2D eigenvalue weighted by molar-refractivity contribution is 6.42. The fraction of sp³-hybridized carbons (Fsp3) is 0.0588. The summed E-state index contributed by atoms with van der Waals surface area (Å²) >= 11 is 11.8. The van der Waals surface area contributed by atoms with Gasteiger partial charge in [-0.1, -0.05) is 29.3 Å². The van der Waals surface area contributed by atoms with Gasteiger partial charge in [-0.3, -0.25) is 25.1 Å². The lowest BCUT2D eigenvalue weighted by molar-refractivity contribution is -0.385. The third-order valence-corrected chi connectivity index (χ3v) is 4.50. The molecule has 0 unspecified atom stereocenters. The van der Waals surface area contributed by atoms with Crippen molar-refractivity contribution in [2.45, 2.75) is 0 Å². The first-order valence-electron chi connectivity index (χ1n) is 7.46. The smallest absolute Gasteiger partial charge is 0.311 e. The van der Waals surface area contributed by atoms with Crippen LogP contribution in [0.4, 0.5) is 11.4 Å². The van der Waals surface area contributed by atoms with Crippen molar-refractivity contribution in [3.8, 4) is 5.75 Å². The fourth-order valence-electron chi connectivity index (χ4n) is 2.47. The van der Waals surface area contributed by atoms with Crippen LogP contribution >= 0.6 is 23.2 Å². The Labute approximate surface area is 163 Å². The van der Waals surface area contributed by atoms with Crippen molar-refractivity contribution in [3.63, 3.8) is 0 Å². The van der Waals surface area contributed by atoms with Gasteiger partial charge in [-0.05, 0) is 35.9 Å². The molecule has 10 heteroatoms. The van der Waals surface area contributed by atoms with Gasteiger partial charge in [0.05, 0.1) is 27.8 Å². The zero-order valence-electron chi connectivity index (χ0n) is 13.7. The van der Waals surface area contributed by atoms with Crippen LogP contribution in [-0.2, 0) is 9.59 Å². The predicted octanol–water partition coefficient (Wildman–Crippen LogP) is 3.37. The van der Waals surface area contributed by atoms with Crippen LogP contribution in [0.2, 0.25) is 10.0 Å². The number of anilines is 1. The summed E-state index contributed by atoms with van der Waals surface area (Å²) in [6, 6.07) is 8.55. The molecular formula is C17H11Cl2N3O5. The highest BCUT2D eigenvalue weighted by atomic mass is 35.5. The molecule has 138 valence electrons. The Hall–Kier alpha value is -3.10. The number of nitro benzene ring substituents is 1. The van der Waals surface area contributed by atoms with Crippen LogP contribution in [-0.4, -0.2) is 23.8 Å². The highest BCUT2D eigenvalue weighted by Gasteiger charge is 2.34. The summed E-state index contributed by atoms with van der Waals surface area (Å²) in [5.74, 6) is -1.21. The van der Waals surface area contributed by atoms with Crippen LogP contribution < -0.4 is 15.2 Å². The summed E-state index contributed by atoms with van der Waals surface area (Å²) in [6.07, 6.45) is 1.27. The van der Waals surface area contributed by atoms with E-state index in [2.05, 4.69) is 5.43 Å². The average molecular weight is 408 g/mol. The number of methoxy groups -OCH3 is 1. The second-order valence-electron chi connectivity index (χ2n) is 5.43. The number of rotatable bonds is 4. The lowest BCUT2D eigenvalue weighted by atomic mass is 10.1. The predicted molar refractivity (Wildman–Crippen MR) is 99.7 cm³/mol. The van der Waals surface area contributed by atoms with Crippen molar-refractivity contribution in [1.82, 2.24) is 5.43 Å². The van der Waals surface area contributed by atoms with E-state index in [1.807, 2.05) is 0 Å². The van der Waals surface area contributed by atoms with Gasteiger partial charge in [-0.25, -0.2) is 5.01 Å². The first-order valence-corrected chi connectivity index (χ1v) is 8.22. The summed E-state index contributed by atoms with van der Waals surface area (Å²) in [4.78, 5) is 35.3. The van der Waals surface area contributed by atoms with E-state index in [1.165, 1.54) is 49.6 Å². The number of nitrogens with zero attached hydrogens (tertiary/aromatic N) is 2. The van der Waals surface area contributed by atoms with E-state index >= 15 is 0 Å². The number of nitro groups is 1. The molecule has 2 aromatic rings. The Morgan fingerprint density at radius 1 is 1.15 bits per heavy atom. The van der Waals surface area contributed by atoms with E-state index in [1.54, 1.807) is 0 Å². The first kappa shape index (κ1) is 18.7. The maximum atomic E-state index is 12.6. The molecule has 0 radical (unpaired) electrons.